The van der Waals surface area contributed by atoms with Gasteiger partial charge in [-0.05, 0) is 56.5 Å². The minimum Gasteiger partial charge on any atom is -0.426 e. The molecule has 0 radical (unpaired) electrons. The number of aryl methyl sites for hydroxylation is 2. The number of esters is 1. The first-order valence-electron chi connectivity index (χ1n) is 5.80. The number of rotatable bonds is 3. The lowest BCUT2D eigenvalue weighted by molar-refractivity contribution is -0.131. The molecule has 0 aliphatic carbocycles. The monoisotopic (exact) mass is 246 g/mol. The first-order valence-corrected chi connectivity index (χ1v) is 5.80. The van der Waals surface area contributed by atoms with Crippen LogP contribution in [0.15, 0.2) is 12.1 Å². The van der Waals surface area contributed by atoms with E-state index in [0.717, 1.165) is 22.3 Å². The summed E-state index contributed by atoms with van der Waals surface area (Å²) in [7, 11) is 0. The van der Waals surface area contributed by atoms with E-state index in [2.05, 4.69) is 0 Å². The van der Waals surface area contributed by atoms with Crippen LogP contribution in [0.25, 0.3) is 6.08 Å². The number of benzene rings is 1. The highest BCUT2D eigenvalue weighted by Crippen LogP contribution is 2.31. The van der Waals surface area contributed by atoms with Crippen molar-refractivity contribution in [2.75, 3.05) is 0 Å². The zero-order valence-electron chi connectivity index (χ0n) is 11.5. The van der Waals surface area contributed by atoms with Crippen molar-refractivity contribution in [2.45, 2.75) is 34.6 Å². The molecule has 3 heteroatoms. The van der Waals surface area contributed by atoms with Crippen molar-refractivity contribution in [3.8, 4) is 5.75 Å². The zero-order valence-corrected chi connectivity index (χ0v) is 11.5. The second kappa shape index (κ2) is 5.63. The highest BCUT2D eigenvalue weighted by molar-refractivity contribution is 5.92. The van der Waals surface area contributed by atoms with Crippen molar-refractivity contribution in [3.05, 3.63) is 34.4 Å². The van der Waals surface area contributed by atoms with Crippen LogP contribution < -0.4 is 4.74 Å². The van der Waals surface area contributed by atoms with E-state index in [0.29, 0.717) is 5.75 Å². The Balaban J connectivity index is 3.41. The molecule has 0 fully saturated rings. The Morgan fingerprint density at radius 3 is 2.22 bits per heavy atom. The summed E-state index contributed by atoms with van der Waals surface area (Å²) in [6, 6.07) is 2.02. The third-order valence-electron chi connectivity index (χ3n) is 2.77. The van der Waals surface area contributed by atoms with Crippen LogP contribution in [0.5, 0.6) is 5.75 Å². The maximum absolute atomic E-state index is 11.2. The van der Waals surface area contributed by atoms with E-state index in [1.165, 1.54) is 19.9 Å². The van der Waals surface area contributed by atoms with Gasteiger partial charge < -0.3 is 4.74 Å². The van der Waals surface area contributed by atoms with Crippen LogP contribution in [0.3, 0.4) is 0 Å². The Morgan fingerprint density at radius 1 is 1.11 bits per heavy atom. The summed E-state index contributed by atoms with van der Waals surface area (Å²) in [6.45, 7) is 8.65. The molecule has 0 heterocycles. The average Bonchev–Trinajstić information content (AvgIpc) is 2.24. The van der Waals surface area contributed by atoms with Gasteiger partial charge in [-0.3, -0.25) is 9.59 Å². The van der Waals surface area contributed by atoms with Gasteiger partial charge in [0.25, 0.3) is 0 Å². The van der Waals surface area contributed by atoms with E-state index in [1.54, 1.807) is 6.08 Å². The van der Waals surface area contributed by atoms with Gasteiger partial charge in [-0.15, -0.1) is 0 Å². The van der Waals surface area contributed by atoms with Gasteiger partial charge in [0.15, 0.2) is 5.78 Å². The van der Waals surface area contributed by atoms with E-state index in [4.69, 9.17) is 4.74 Å². The Labute approximate surface area is 107 Å². The summed E-state index contributed by atoms with van der Waals surface area (Å²) < 4.78 is 5.27. The summed E-state index contributed by atoms with van der Waals surface area (Å²) in [5.74, 6) is 0.138. The Morgan fingerprint density at radius 2 is 1.72 bits per heavy atom. The molecule has 0 bridgehead atoms. The molecule has 96 valence electrons. The lowest BCUT2D eigenvalue weighted by Gasteiger charge is -2.14. The number of ketones is 1. The molecular formula is C15H18O3. The summed E-state index contributed by atoms with van der Waals surface area (Å²) in [5, 5.41) is 0. The molecule has 0 saturated carbocycles. The molecule has 3 nitrogen and oxygen atoms in total. The highest BCUT2D eigenvalue weighted by Gasteiger charge is 2.13. The summed E-state index contributed by atoms with van der Waals surface area (Å²) in [4.78, 5) is 22.2. The van der Waals surface area contributed by atoms with Gasteiger partial charge in [0, 0.05) is 12.5 Å². The number of allylic oxidation sites excluding steroid dienone is 1. The van der Waals surface area contributed by atoms with E-state index >= 15 is 0 Å². The van der Waals surface area contributed by atoms with Gasteiger partial charge in [-0.2, -0.15) is 0 Å². The predicted octanol–water partition coefficient (Wildman–Crippen LogP) is 3.14. The molecular weight excluding hydrogens is 228 g/mol. The first kappa shape index (κ1) is 14.2. The molecule has 0 N–H and O–H groups in total. The van der Waals surface area contributed by atoms with Gasteiger partial charge >= 0.3 is 5.97 Å². The fourth-order valence-electron chi connectivity index (χ4n) is 1.75. The quantitative estimate of drug-likeness (QED) is 0.467. The molecule has 0 aliphatic heterocycles. The van der Waals surface area contributed by atoms with Gasteiger partial charge in [0.1, 0.15) is 5.75 Å². The van der Waals surface area contributed by atoms with Crippen molar-refractivity contribution in [1.82, 2.24) is 0 Å². The molecule has 1 aromatic carbocycles. The van der Waals surface area contributed by atoms with Gasteiger partial charge in [-0.25, -0.2) is 0 Å². The minimum absolute atomic E-state index is 0.0404. The number of ether oxygens (including phenoxy) is 1. The topological polar surface area (TPSA) is 43.4 Å². The van der Waals surface area contributed by atoms with E-state index in [-0.39, 0.29) is 11.8 Å². The van der Waals surface area contributed by atoms with Crippen molar-refractivity contribution in [1.29, 1.82) is 0 Å². The number of carbonyl (C=O) groups is 2. The summed E-state index contributed by atoms with van der Waals surface area (Å²) in [5.41, 5.74) is 3.73. The minimum atomic E-state index is -0.361. The van der Waals surface area contributed by atoms with E-state index in [1.807, 2.05) is 26.8 Å². The van der Waals surface area contributed by atoms with Crippen LogP contribution in [0, 0.1) is 20.8 Å². The summed E-state index contributed by atoms with van der Waals surface area (Å²) in [6.07, 6.45) is 3.17. The lowest BCUT2D eigenvalue weighted by atomic mass is 9.98. The first-order chi connectivity index (χ1) is 8.32. The maximum Gasteiger partial charge on any atom is 0.308 e. The molecule has 0 saturated heterocycles. The number of hydrogen-bond acceptors (Lipinski definition) is 3. The van der Waals surface area contributed by atoms with Crippen LogP contribution in [0.2, 0.25) is 0 Å². The number of hydrogen-bond donors (Lipinski definition) is 0. The Kier molecular flexibility index (Phi) is 4.43. The van der Waals surface area contributed by atoms with Gasteiger partial charge in [0.2, 0.25) is 0 Å². The van der Waals surface area contributed by atoms with Crippen LogP contribution in [0.4, 0.5) is 0 Å². The Hall–Kier alpha value is -1.90. The third kappa shape index (κ3) is 3.29. The standard InChI is InChI=1S/C15H18O3/c1-9-8-10(2)14(7-6-11(3)16)15(12(9)4)18-13(5)17/h6-8H,1-5H3/b7-6-. The molecule has 0 amide bonds. The fourth-order valence-corrected chi connectivity index (χ4v) is 1.75. The van der Waals surface area contributed by atoms with Crippen LogP contribution in [0.1, 0.15) is 36.1 Å². The van der Waals surface area contributed by atoms with Crippen molar-refractivity contribution in [3.63, 3.8) is 0 Å². The maximum atomic E-state index is 11.2. The van der Waals surface area contributed by atoms with Crippen LogP contribution in [-0.4, -0.2) is 11.8 Å². The molecule has 0 aliphatic rings. The molecule has 0 spiro atoms. The van der Waals surface area contributed by atoms with E-state index in [9.17, 15) is 9.59 Å². The Bertz CT molecular complexity index is 525. The molecule has 18 heavy (non-hydrogen) atoms. The lowest BCUT2D eigenvalue weighted by Crippen LogP contribution is -2.06. The van der Waals surface area contributed by atoms with Gasteiger partial charge in [0.05, 0.1) is 0 Å². The zero-order chi connectivity index (χ0) is 13.9. The van der Waals surface area contributed by atoms with Crippen molar-refractivity contribution >= 4 is 17.8 Å². The highest BCUT2D eigenvalue weighted by atomic mass is 16.5. The average molecular weight is 246 g/mol. The van der Waals surface area contributed by atoms with E-state index < -0.39 is 0 Å². The van der Waals surface area contributed by atoms with Crippen LogP contribution in [-0.2, 0) is 9.59 Å². The summed E-state index contributed by atoms with van der Waals surface area (Å²) >= 11 is 0. The smallest absolute Gasteiger partial charge is 0.308 e. The second-order valence-electron chi connectivity index (χ2n) is 4.42. The van der Waals surface area contributed by atoms with Gasteiger partial charge in [-0.1, -0.05) is 6.07 Å². The molecule has 0 unspecified atom stereocenters. The molecule has 1 aromatic rings. The second-order valence-corrected chi connectivity index (χ2v) is 4.42. The third-order valence-corrected chi connectivity index (χ3v) is 2.77. The predicted molar refractivity (Wildman–Crippen MR) is 71.7 cm³/mol. The number of carbonyl (C=O) groups excluding carboxylic acids is 2. The fraction of sp³-hybridized carbons (Fsp3) is 0.333. The largest absolute Gasteiger partial charge is 0.426 e. The molecule has 0 atom stereocenters. The molecule has 0 aromatic heterocycles. The molecule has 1 rings (SSSR count). The van der Waals surface area contributed by atoms with Crippen molar-refractivity contribution < 1.29 is 14.3 Å². The normalized spacial score (nSPS) is 10.7. The van der Waals surface area contributed by atoms with Crippen LogP contribution >= 0.6 is 0 Å². The SMILES string of the molecule is CC(=O)/C=C\c1c(C)cc(C)c(C)c1OC(C)=O. The van der Waals surface area contributed by atoms with Crippen molar-refractivity contribution in [2.24, 2.45) is 0 Å².